The van der Waals surface area contributed by atoms with Gasteiger partial charge in [-0.25, -0.2) is 9.78 Å². The molecule has 0 saturated carbocycles. The first-order valence-corrected chi connectivity index (χ1v) is 8.48. The topological polar surface area (TPSA) is 63.9 Å². The van der Waals surface area contributed by atoms with Gasteiger partial charge in [-0.15, -0.1) is 0 Å². The van der Waals surface area contributed by atoms with Crippen LogP contribution in [-0.4, -0.2) is 40.0 Å². The first-order valence-electron chi connectivity index (χ1n) is 7.69. The number of esters is 1. The average Bonchev–Trinajstić information content (AvgIpc) is 3.01. The SMILES string of the molecule is CCOC(=O)c1cnc2c(CN3CCCC3)cc(Br)cn2c1=O. The molecule has 23 heavy (non-hydrogen) atoms. The van der Waals surface area contributed by atoms with Gasteiger partial charge in [-0.2, -0.15) is 0 Å². The molecule has 2 aromatic heterocycles. The van der Waals surface area contributed by atoms with E-state index in [1.807, 2.05) is 6.07 Å². The predicted octanol–water partition coefficient (Wildman–Crippen LogP) is 2.23. The molecule has 0 bridgehead atoms. The Kier molecular flexibility index (Phi) is 4.77. The maximum absolute atomic E-state index is 12.6. The summed E-state index contributed by atoms with van der Waals surface area (Å²) in [4.78, 5) is 31.1. The third-order valence-electron chi connectivity index (χ3n) is 3.93. The fourth-order valence-corrected chi connectivity index (χ4v) is 3.35. The van der Waals surface area contributed by atoms with Gasteiger partial charge in [-0.3, -0.25) is 14.1 Å². The summed E-state index contributed by atoms with van der Waals surface area (Å²) < 4.78 is 7.11. The first kappa shape index (κ1) is 16.1. The first-order chi connectivity index (χ1) is 11.1. The number of carbonyl (C=O) groups is 1. The highest BCUT2D eigenvalue weighted by molar-refractivity contribution is 9.10. The molecule has 0 aromatic carbocycles. The maximum atomic E-state index is 12.6. The second-order valence-electron chi connectivity index (χ2n) is 5.56. The number of pyridine rings is 1. The third-order valence-corrected chi connectivity index (χ3v) is 4.37. The number of nitrogens with zero attached hydrogens (tertiary/aromatic N) is 3. The lowest BCUT2D eigenvalue weighted by atomic mass is 10.2. The minimum absolute atomic E-state index is 0.0467. The molecule has 0 atom stereocenters. The molecule has 1 fully saturated rings. The third kappa shape index (κ3) is 3.30. The number of ether oxygens (including phenoxy) is 1. The molecule has 1 saturated heterocycles. The molecule has 0 spiro atoms. The summed E-state index contributed by atoms with van der Waals surface area (Å²) in [5.74, 6) is -0.638. The standard InChI is InChI=1S/C16H18BrN3O3/c1-2-23-16(22)13-8-18-14-11(9-19-5-3-4-6-19)7-12(17)10-20(14)15(13)21/h7-8,10H,2-6,9H2,1H3. The molecule has 6 nitrogen and oxygen atoms in total. The molecule has 3 rings (SSSR count). The Morgan fingerprint density at radius 1 is 1.39 bits per heavy atom. The molecule has 0 unspecified atom stereocenters. The van der Waals surface area contributed by atoms with Gasteiger partial charge in [0.05, 0.1) is 6.61 Å². The molecule has 1 aliphatic rings. The number of fused-ring (bicyclic) bond motifs is 1. The zero-order chi connectivity index (χ0) is 16.4. The lowest BCUT2D eigenvalue weighted by Gasteiger charge is -2.16. The van der Waals surface area contributed by atoms with E-state index in [4.69, 9.17) is 4.74 Å². The summed E-state index contributed by atoms with van der Waals surface area (Å²) in [5, 5.41) is 0. The van der Waals surface area contributed by atoms with Crippen molar-refractivity contribution in [2.24, 2.45) is 0 Å². The summed E-state index contributed by atoms with van der Waals surface area (Å²) >= 11 is 3.44. The van der Waals surface area contributed by atoms with Crippen LogP contribution in [0.5, 0.6) is 0 Å². The number of rotatable bonds is 4. The van der Waals surface area contributed by atoms with Crippen LogP contribution >= 0.6 is 15.9 Å². The summed E-state index contributed by atoms with van der Waals surface area (Å²) in [7, 11) is 0. The van der Waals surface area contributed by atoms with Crippen molar-refractivity contribution in [3.05, 3.63) is 44.4 Å². The van der Waals surface area contributed by atoms with Crippen LogP contribution in [0, 0.1) is 0 Å². The second-order valence-corrected chi connectivity index (χ2v) is 6.47. The smallest absolute Gasteiger partial charge is 0.345 e. The van der Waals surface area contributed by atoms with Crippen LogP contribution in [0.1, 0.15) is 35.7 Å². The van der Waals surface area contributed by atoms with Crippen LogP contribution in [0.25, 0.3) is 5.65 Å². The largest absolute Gasteiger partial charge is 0.462 e. The Morgan fingerprint density at radius 3 is 2.83 bits per heavy atom. The molecular formula is C16H18BrN3O3. The molecule has 3 heterocycles. The van der Waals surface area contributed by atoms with Gasteiger partial charge in [0.25, 0.3) is 5.56 Å². The van der Waals surface area contributed by atoms with E-state index in [2.05, 4.69) is 25.8 Å². The summed E-state index contributed by atoms with van der Waals surface area (Å²) in [6.45, 7) is 4.79. The average molecular weight is 380 g/mol. The van der Waals surface area contributed by atoms with Crippen molar-refractivity contribution in [1.29, 1.82) is 0 Å². The van der Waals surface area contributed by atoms with Gasteiger partial charge < -0.3 is 4.74 Å². The summed E-state index contributed by atoms with van der Waals surface area (Å²) in [6, 6.07) is 1.98. The quantitative estimate of drug-likeness (QED) is 0.762. The molecule has 122 valence electrons. The van der Waals surface area contributed by atoms with Gasteiger partial charge in [0, 0.05) is 29.0 Å². The molecule has 0 N–H and O–H groups in total. The van der Waals surface area contributed by atoms with Crippen molar-refractivity contribution >= 4 is 27.5 Å². The second kappa shape index (κ2) is 6.80. The van der Waals surface area contributed by atoms with E-state index >= 15 is 0 Å². The van der Waals surface area contributed by atoms with E-state index < -0.39 is 11.5 Å². The molecule has 0 aliphatic carbocycles. The van der Waals surface area contributed by atoms with Crippen LogP contribution < -0.4 is 5.56 Å². The van der Waals surface area contributed by atoms with Crippen LogP contribution in [0.3, 0.4) is 0 Å². The fourth-order valence-electron chi connectivity index (χ4n) is 2.86. The molecular weight excluding hydrogens is 362 g/mol. The Balaban J connectivity index is 2.07. The molecule has 0 radical (unpaired) electrons. The molecule has 1 aliphatic heterocycles. The van der Waals surface area contributed by atoms with Crippen molar-refractivity contribution in [1.82, 2.24) is 14.3 Å². The van der Waals surface area contributed by atoms with Crippen molar-refractivity contribution in [2.75, 3.05) is 19.7 Å². The highest BCUT2D eigenvalue weighted by atomic mass is 79.9. The van der Waals surface area contributed by atoms with Crippen molar-refractivity contribution in [3.63, 3.8) is 0 Å². The van der Waals surface area contributed by atoms with Crippen LogP contribution in [0.15, 0.2) is 27.7 Å². The van der Waals surface area contributed by atoms with E-state index in [1.54, 1.807) is 13.1 Å². The zero-order valence-electron chi connectivity index (χ0n) is 12.9. The zero-order valence-corrected chi connectivity index (χ0v) is 14.5. The molecule has 0 amide bonds. The van der Waals surface area contributed by atoms with Crippen LogP contribution in [0.2, 0.25) is 0 Å². The van der Waals surface area contributed by atoms with E-state index in [0.29, 0.717) is 5.65 Å². The number of likely N-dealkylation sites (tertiary alicyclic amines) is 1. The van der Waals surface area contributed by atoms with Gasteiger partial charge in [0.1, 0.15) is 11.2 Å². The monoisotopic (exact) mass is 379 g/mol. The van der Waals surface area contributed by atoms with Gasteiger partial charge in [-0.05, 0) is 54.9 Å². The van der Waals surface area contributed by atoms with Crippen LogP contribution in [0.4, 0.5) is 0 Å². The van der Waals surface area contributed by atoms with E-state index in [0.717, 1.165) is 29.7 Å². The Bertz CT molecular complexity index is 797. The molecule has 7 heteroatoms. The van der Waals surface area contributed by atoms with Gasteiger partial charge in [-0.1, -0.05) is 0 Å². The number of hydrogen-bond donors (Lipinski definition) is 0. The lowest BCUT2D eigenvalue weighted by molar-refractivity contribution is 0.0523. The van der Waals surface area contributed by atoms with Crippen molar-refractivity contribution in [3.8, 4) is 0 Å². The maximum Gasteiger partial charge on any atom is 0.345 e. The minimum atomic E-state index is -0.638. The van der Waals surface area contributed by atoms with Crippen molar-refractivity contribution in [2.45, 2.75) is 26.3 Å². The highest BCUT2D eigenvalue weighted by Gasteiger charge is 2.18. The predicted molar refractivity (Wildman–Crippen MR) is 89.6 cm³/mol. The van der Waals surface area contributed by atoms with Gasteiger partial charge in [0.2, 0.25) is 0 Å². The summed E-state index contributed by atoms with van der Waals surface area (Å²) in [6.07, 6.45) is 5.36. The molecule has 2 aromatic rings. The van der Waals surface area contributed by atoms with Crippen molar-refractivity contribution < 1.29 is 9.53 Å². The lowest BCUT2D eigenvalue weighted by Crippen LogP contribution is -2.26. The van der Waals surface area contributed by atoms with E-state index in [9.17, 15) is 9.59 Å². The Morgan fingerprint density at radius 2 is 2.13 bits per heavy atom. The van der Waals surface area contributed by atoms with Gasteiger partial charge >= 0.3 is 5.97 Å². The van der Waals surface area contributed by atoms with E-state index in [-0.39, 0.29) is 12.2 Å². The minimum Gasteiger partial charge on any atom is -0.462 e. The number of halogens is 1. The Hall–Kier alpha value is -1.73. The summed E-state index contributed by atoms with van der Waals surface area (Å²) in [5.41, 5.74) is 1.10. The number of aromatic nitrogens is 2. The normalized spacial score (nSPS) is 15.2. The number of hydrogen-bond acceptors (Lipinski definition) is 5. The fraction of sp³-hybridized carbons (Fsp3) is 0.438. The van der Waals surface area contributed by atoms with Gasteiger partial charge in [0.15, 0.2) is 0 Å². The highest BCUT2D eigenvalue weighted by Crippen LogP contribution is 2.19. The van der Waals surface area contributed by atoms with E-state index in [1.165, 1.54) is 23.4 Å². The Labute approximate surface area is 142 Å². The number of carbonyl (C=O) groups excluding carboxylic acids is 1. The van der Waals surface area contributed by atoms with Crippen LogP contribution in [-0.2, 0) is 11.3 Å².